The van der Waals surface area contributed by atoms with Crippen LogP contribution in [0.3, 0.4) is 0 Å². The number of nitrogens with two attached hydrogens (primary N) is 1. The van der Waals surface area contributed by atoms with Crippen LogP contribution in [0.1, 0.15) is 51.4 Å². The summed E-state index contributed by atoms with van der Waals surface area (Å²) < 4.78 is 0. The smallest absolute Gasteiger partial charge is 0.240 e. The third-order valence-corrected chi connectivity index (χ3v) is 4.65. The third kappa shape index (κ3) is 3.23. The van der Waals surface area contributed by atoms with Crippen LogP contribution >= 0.6 is 0 Å². The van der Waals surface area contributed by atoms with Crippen LogP contribution in [0.5, 0.6) is 0 Å². The molecule has 0 unspecified atom stereocenters. The van der Waals surface area contributed by atoms with E-state index < -0.39 is 5.54 Å². The fraction of sp³-hybridized carbons (Fsp3) is 0.929. The van der Waals surface area contributed by atoms with E-state index in [4.69, 9.17) is 5.73 Å². The van der Waals surface area contributed by atoms with Crippen LogP contribution in [0.4, 0.5) is 0 Å². The summed E-state index contributed by atoms with van der Waals surface area (Å²) in [6.45, 7) is 1.66. The molecule has 0 aliphatic heterocycles. The molecule has 0 atom stereocenters. The fourth-order valence-corrected chi connectivity index (χ4v) is 3.28. The standard InChI is InChI=1S/C14H27N3O/c1-17(12-6-2-3-7-12)11-10-16-13(18)14(15)8-4-5-9-14/h12H,2-11,15H2,1H3,(H,16,18). The monoisotopic (exact) mass is 253 g/mol. The minimum atomic E-state index is -0.577. The molecule has 0 radical (unpaired) electrons. The highest BCUT2D eigenvalue weighted by molar-refractivity contribution is 5.86. The maximum Gasteiger partial charge on any atom is 0.240 e. The second kappa shape index (κ2) is 6.02. The van der Waals surface area contributed by atoms with Gasteiger partial charge >= 0.3 is 0 Å². The average Bonchev–Trinajstić information content (AvgIpc) is 3.00. The third-order valence-electron chi connectivity index (χ3n) is 4.65. The lowest BCUT2D eigenvalue weighted by Crippen LogP contribution is -2.53. The zero-order valence-corrected chi connectivity index (χ0v) is 11.6. The minimum absolute atomic E-state index is 0.0554. The lowest BCUT2D eigenvalue weighted by Gasteiger charge is -2.26. The van der Waals surface area contributed by atoms with E-state index in [2.05, 4.69) is 17.3 Å². The van der Waals surface area contributed by atoms with Gasteiger partial charge in [0.2, 0.25) is 5.91 Å². The molecule has 4 nitrogen and oxygen atoms in total. The molecular weight excluding hydrogens is 226 g/mol. The lowest BCUT2D eigenvalue weighted by molar-refractivity contribution is -0.126. The SMILES string of the molecule is CN(CCNC(=O)C1(N)CCCC1)C1CCCC1. The highest BCUT2D eigenvalue weighted by Gasteiger charge is 2.36. The summed E-state index contributed by atoms with van der Waals surface area (Å²) in [5, 5.41) is 3.01. The Labute approximate surface area is 110 Å². The summed E-state index contributed by atoms with van der Waals surface area (Å²) in [5.41, 5.74) is 5.54. The van der Waals surface area contributed by atoms with Crippen LogP contribution in [0, 0.1) is 0 Å². The maximum absolute atomic E-state index is 12.0. The number of carbonyl (C=O) groups excluding carboxylic acids is 1. The van der Waals surface area contributed by atoms with Crippen molar-refractivity contribution in [2.24, 2.45) is 5.73 Å². The first-order valence-electron chi connectivity index (χ1n) is 7.39. The normalized spacial score (nSPS) is 23.7. The zero-order chi connectivity index (χ0) is 13.0. The first kappa shape index (κ1) is 13.8. The van der Waals surface area contributed by atoms with Crippen molar-refractivity contribution in [3.8, 4) is 0 Å². The van der Waals surface area contributed by atoms with Gasteiger partial charge in [-0.05, 0) is 32.7 Å². The Bertz CT molecular complexity index is 281. The molecular formula is C14H27N3O. The quantitative estimate of drug-likeness (QED) is 0.775. The summed E-state index contributed by atoms with van der Waals surface area (Å²) in [6, 6.07) is 0.722. The molecule has 0 aromatic carbocycles. The van der Waals surface area contributed by atoms with Gasteiger partial charge in [-0.25, -0.2) is 0 Å². The van der Waals surface area contributed by atoms with Gasteiger partial charge in [0.15, 0.2) is 0 Å². The van der Waals surface area contributed by atoms with Gasteiger partial charge in [-0.3, -0.25) is 4.79 Å². The van der Waals surface area contributed by atoms with Crippen molar-refractivity contribution in [1.82, 2.24) is 10.2 Å². The van der Waals surface area contributed by atoms with Gasteiger partial charge in [0, 0.05) is 19.1 Å². The van der Waals surface area contributed by atoms with Crippen LogP contribution < -0.4 is 11.1 Å². The average molecular weight is 253 g/mol. The molecule has 0 aromatic heterocycles. The molecule has 2 fully saturated rings. The van der Waals surface area contributed by atoms with Gasteiger partial charge in [0.25, 0.3) is 0 Å². The summed E-state index contributed by atoms with van der Waals surface area (Å²) in [5.74, 6) is 0.0554. The number of hydrogen-bond acceptors (Lipinski definition) is 3. The first-order chi connectivity index (χ1) is 8.62. The minimum Gasteiger partial charge on any atom is -0.353 e. The lowest BCUT2D eigenvalue weighted by atomic mass is 9.98. The summed E-state index contributed by atoms with van der Waals surface area (Å²) in [4.78, 5) is 14.4. The van der Waals surface area contributed by atoms with Gasteiger partial charge in [-0.15, -0.1) is 0 Å². The Balaban J connectivity index is 1.66. The number of nitrogens with one attached hydrogen (secondary N) is 1. The molecule has 104 valence electrons. The van der Waals surface area contributed by atoms with E-state index in [-0.39, 0.29) is 5.91 Å². The summed E-state index contributed by atoms with van der Waals surface area (Å²) >= 11 is 0. The van der Waals surface area contributed by atoms with Gasteiger partial charge in [-0.2, -0.15) is 0 Å². The number of amides is 1. The van der Waals surface area contributed by atoms with Crippen molar-refractivity contribution in [3.63, 3.8) is 0 Å². The Kier molecular flexibility index (Phi) is 4.62. The second-order valence-corrected chi connectivity index (χ2v) is 6.04. The van der Waals surface area contributed by atoms with Crippen LogP contribution in [0.25, 0.3) is 0 Å². The van der Waals surface area contributed by atoms with Crippen molar-refractivity contribution < 1.29 is 4.79 Å². The number of likely N-dealkylation sites (N-methyl/N-ethyl adjacent to an activating group) is 1. The molecule has 2 rings (SSSR count). The molecule has 18 heavy (non-hydrogen) atoms. The second-order valence-electron chi connectivity index (χ2n) is 6.04. The van der Waals surface area contributed by atoms with E-state index in [1.807, 2.05) is 0 Å². The number of hydrogen-bond donors (Lipinski definition) is 2. The van der Waals surface area contributed by atoms with Crippen molar-refractivity contribution in [3.05, 3.63) is 0 Å². The number of nitrogens with zero attached hydrogens (tertiary/aromatic N) is 1. The van der Waals surface area contributed by atoms with E-state index >= 15 is 0 Å². The topological polar surface area (TPSA) is 58.4 Å². The van der Waals surface area contributed by atoms with E-state index in [1.54, 1.807) is 0 Å². The number of carbonyl (C=O) groups is 1. The van der Waals surface area contributed by atoms with E-state index in [9.17, 15) is 4.79 Å². The zero-order valence-electron chi connectivity index (χ0n) is 11.6. The molecule has 0 spiro atoms. The molecule has 0 heterocycles. The Hall–Kier alpha value is -0.610. The Morgan fingerprint density at radius 2 is 1.89 bits per heavy atom. The molecule has 0 saturated heterocycles. The summed E-state index contributed by atoms with van der Waals surface area (Å²) in [6.07, 6.45) is 9.20. The highest BCUT2D eigenvalue weighted by atomic mass is 16.2. The maximum atomic E-state index is 12.0. The van der Waals surface area contributed by atoms with Gasteiger partial charge < -0.3 is 16.0 Å². The van der Waals surface area contributed by atoms with Gasteiger partial charge in [0.1, 0.15) is 0 Å². The molecule has 1 amide bonds. The van der Waals surface area contributed by atoms with Crippen LogP contribution in [-0.4, -0.2) is 42.5 Å². The van der Waals surface area contributed by atoms with Crippen molar-refractivity contribution >= 4 is 5.91 Å². The first-order valence-corrected chi connectivity index (χ1v) is 7.39. The molecule has 0 aromatic rings. The Morgan fingerprint density at radius 1 is 1.28 bits per heavy atom. The molecule has 2 aliphatic rings. The summed E-state index contributed by atoms with van der Waals surface area (Å²) in [7, 11) is 2.16. The van der Waals surface area contributed by atoms with Crippen molar-refractivity contribution in [2.45, 2.75) is 62.9 Å². The predicted octanol–water partition coefficient (Wildman–Crippen LogP) is 1.25. The molecule has 2 aliphatic carbocycles. The van der Waals surface area contributed by atoms with Gasteiger partial charge in [-0.1, -0.05) is 25.7 Å². The van der Waals surface area contributed by atoms with E-state index in [0.29, 0.717) is 0 Å². The van der Waals surface area contributed by atoms with Crippen LogP contribution in [-0.2, 0) is 4.79 Å². The fourth-order valence-electron chi connectivity index (χ4n) is 3.28. The molecule has 0 bridgehead atoms. The predicted molar refractivity (Wildman–Crippen MR) is 73.3 cm³/mol. The molecule has 4 heteroatoms. The molecule has 2 saturated carbocycles. The van der Waals surface area contributed by atoms with Gasteiger partial charge in [0.05, 0.1) is 5.54 Å². The van der Waals surface area contributed by atoms with E-state index in [1.165, 1.54) is 25.7 Å². The van der Waals surface area contributed by atoms with Crippen LogP contribution in [0.15, 0.2) is 0 Å². The largest absolute Gasteiger partial charge is 0.353 e. The highest BCUT2D eigenvalue weighted by Crippen LogP contribution is 2.27. The van der Waals surface area contributed by atoms with Crippen molar-refractivity contribution in [1.29, 1.82) is 0 Å². The van der Waals surface area contributed by atoms with Crippen molar-refractivity contribution in [2.75, 3.05) is 20.1 Å². The molecule has 3 N–H and O–H groups in total. The van der Waals surface area contributed by atoms with E-state index in [0.717, 1.165) is 44.8 Å². The van der Waals surface area contributed by atoms with Crippen LogP contribution in [0.2, 0.25) is 0 Å². The Morgan fingerprint density at radius 3 is 2.50 bits per heavy atom. The number of rotatable bonds is 5.